The highest BCUT2D eigenvalue weighted by Crippen LogP contribution is 2.28. The Bertz CT molecular complexity index is 886. The molecule has 228 valence electrons. The van der Waals surface area contributed by atoms with Gasteiger partial charge in [0.15, 0.2) is 0 Å². The third-order valence-electron chi connectivity index (χ3n) is 6.83. The van der Waals surface area contributed by atoms with Crippen LogP contribution in [0, 0.1) is 5.92 Å². The Hall–Kier alpha value is -2.40. The predicted molar refractivity (Wildman–Crippen MR) is 154 cm³/mol. The minimum atomic E-state index is -0.708. The van der Waals surface area contributed by atoms with Gasteiger partial charge in [-0.15, -0.1) is 0 Å². The summed E-state index contributed by atoms with van der Waals surface area (Å²) < 4.78 is 27.6. The van der Waals surface area contributed by atoms with E-state index >= 15 is 0 Å². The molecular formula is C30H51N3O7. The Morgan fingerprint density at radius 3 is 2.52 bits per heavy atom. The van der Waals surface area contributed by atoms with E-state index in [4.69, 9.17) is 29.4 Å². The first-order valence-electron chi connectivity index (χ1n) is 14.5. The molecule has 1 aromatic rings. The Balaban J connectivity index is 2.04. The third-order valence-corrected chi connectivity index (χ3v) is 6.83. The van der Waals surface area contributed by atoms with E-state index in [1.54, 1.807) is 14.0 Å². The quantitative estimate of drug-likeness (QED) is 0.149. The highest BCUT2D eigenvalue weighted by atomic mass is 16.7. The molecule has 2 rings (SSSR count). The van der Waals surface area contributed by atoms with E-state index in [0.717, 1.165) is 24.8 Å². The van der Waals surface area contributed by atoms with Crippen LogP contribution in [0.15, 0.2) is 24.3 Å². The van der Waals surface area contributed by atoms with Crippen LogP contribution in [0.2, 0.25) is 0 Å². The fraction of sp³-hybridized carbons (Fsp3) is 0.733. The highest BCUT2D eigenvalue weighted by molar-refractivity contribution is 5.75. The second-order valence-electron chi connectivity index (χ2n) is 11.5. The van der Waals surface area contributed by atoms with Crippen molar-refractivity contribution in [2.45, 2.75) is 116 Å². The summed E-state index contributed by atoms with van der Waals surface area (Å²) in [5.74, 6) is 0.769. The van der Waals surface area contributed by atoms with Crippen molar-refractivity contribution in [3.63, 3.8) is 0 Å². The van der Waals surface area contributed by atoms with Gasteiger partial charge >= 0.3 is 12.1 Å². The second kappa shape index (κ2) is 17.4. The van der Waals surface area contributed by atoms with Crippen molar-refractivity contribution in [1.82, 2.24) is 10.6 Å². The van der Waals surface area contributed by atoms with Crippen molar-refractivity contribution < 1.29 is 33.3 Å². The molecule has 1 aliphatic carbocycles. The molecule has 1 fully saturated rings. The number of hydrogen-bond donors (Lipinski definition) is 3. The normalized spacial score (nSPS) is 17.4. The molecule has 0 spiro atoms. The minimum absolute atomic E-state index is 0.0141. The maximum atomic E-state index is 12.8. The summed E-state index contributed by atoms with van der Waals surface area (Å²) in [6, 6.07) is 5.91. The van der Waals surface area contributed by atoms with Crippen LogP contribution in [0.3, 0.4) is 0 Å². The summed E-state index contributed by atoms with van der Waals surface area (Å²) in [6.07, 6.45) is 6.01. The summed E-state index contributed by atoms with van der Waals surface area (Å²) in [4.78, 5) is 25.5. The molecule has 0 aromatic heterocycles. The SMILES string of the molecule is CCOCOC(NC(C)C(=O)OCc1cccc(OC)c1)[C@@H](N)C[C@H](CC1CCCCC1)NC(=O)OC(C)(C)C. The van der Waals surface area contributed by atoms with Crippen LogP contribution < -0.4 is 21.1 Å². The summed E-state index contributed by atoms with van der Waals surface area (Å²) in [5, 5.41) is 6.20. The zero-order valence-corrected chi connectivity index (χ0v) is 25.2. The van der Waals surface area contributed by atoms with E-state index in [9.17, 15) is 9.59 Å². The highest BCUT2D eigenvalue weighted by Gasteiger charge is 2.30. The van der Waals surface area contributed by atoms with Gasteiger partial charge in [0.1, 0.15) is 37.0 Å². The molecule has 0 heterocycles. The fourth-order valence-corrected chi connectivity index (χ4v) is 4.82. The number of rotatable bonds is 16. The Morgan fingerprint density at radius 2 is 1.88 bits per heavy atom. The Labute approximate surface area is 240 Å². The van der Waals surface area contributed by atoms with E-state index in [-0.39, 0.29) is 19.4 Å². The van der Waals surface area contributed by atoms with Crippen LogP contribution >= 0.6 is 0 Å². The minimum Gasteiger partial charge on any atom is -0.497 e. The molecular weight excluding hydrogens is 514 g/mol. The predicted octanol–water partition coefficient (Wildman–Crippen LogP) is 4.63. The monoisotopic (exact) mass is 565 g/mol. The van der Waals surface area contributed by atoms with E-state index in [1.807, 2.05) is 52.0 Å². The van der Waals surface area contributed by atoms with Crippen molar-refractivity contribution >= 4 is 12.1 Å². The number of nitrogens with one attached hydrogen (secondary N) is 2. The zero-order valence-electron chi connectivity index (χ0n) is 25.2. The van der Waals surface area contributed by atoms with Gasteiger partial charge in [-0.3, -0.25) is 10.1 Å². The van der Waals surface area contributed by atoms with E-state index < -0.39 is 36.0 Å². The van der Waals surface area contributed by atoms with Gasteiger partial charge in [0.05, 0.1) is 7.11 Å². The largest absolute Gasteiger partial charge is 0.497 e. The van der Waals surface area contributed by atoms with Gasteiger partial charge in [-0.1, -0.05) is 44.2 Å². The standard InChI is InChI=1S/C30H51N3O7/c1-7-37-20-39-27(32-21(2)28(34)38-19-23-14-11-15-25(17-23)36-6)26(31)18-24(16-22-12-9-8-10-13-22)33-29(35)40-30(3,4)5/h11,14-15,17,21-22,24,26-27,32H,7-10,12-13,16,18-20,31H2,1-6H3,(H,33,35)/t21?,24-,26-,27?/m0/s1. The molecule has 1 aliphatic rings. The average molecular weight is 566 g/mol. The lowest BCUT2D eigenvalue weighted by atomic mass is 9.83. The molecule has 10 nitrogen and oxygen atoms in total. The van der Waals surface area contributed by atoms with Crippen molar-refractivity contribution in [3.8, 4) is 5.75 Å². The van der Waals surface area contributed by atoms with Gasteiger partial charge in [-0.05, 0) is 71.1 Å². The Morgan fingerprint density at radius 1 is 1.15 bits per heavy atom. The van der Waals surface area contributed by atoms with E-state index in [2.05, 4.69) is 10.6 Å². The van der Waals surface area contributed by atoms with Gasteiger partial charge in [0, 0.05) is 18.7 Å². The van der Waals surface area contributed by atoms with Gasteiger partial charge in [0.25, 0.3) is 0 Å². The van der Waals surface area contributed by atoms with Gasteiger partial charge in [0.2, 0.25) is 0 Å². The fourth-order valence-electron chi connectivity index (χ4n) is 4.82. The van der Waals surface area contributed by atoms with Gasteiger partial charge in [-0.25, -0.2) is 4.79 Å². The first kappa shape index (κ1) is 33.8. The topological polar surface area (TPSA) is 130 Å². The number of alkyl carbamates (subject to hydrolysis) is 1. The lowest BCUT2D eigenvalue weighted by molar-refractivity contribution is -0.151. The molecule has 1 saturated carbocycles. The molecule has 1 aromatic carbocycles. The number of nitrogens with two attached hydrogens (primary N) is 1. The van der Waals surface area contributed by atoms with Crippen molar-refractivity contribution in [1.29, 1.82) is 0 Å². The molecule has 0 bridgehead atoms. The number of benzene rings is 1. The van der Waals surface area contributed by atoms with Crippen LogP contribution in [-0.4, -0.2) is 62.5 Å². The number of methoxy groups -OCH3 is 1. The van der Waals surface area contributed by atoms with E-state index in [1.165, 1.54) is 19.3 Å². The maximum absolute atomic E-state index is 12.8. The molecule has 0 saturated heterocycles. The summed E-state index contributed by atoms with van der Waals surface area (Å²) in [6.45, 7) is 9.69. The molecule has 0 aliphatic heterocycles. The first-order chi connectivity index (χ1) is 19.0. The van der Waals surface area contributed by atoms with E-state index in [0.29, 0.717) is 24.7 Å². The number of carbonyl (C=O) groups is 2. The molecule has 40 heavy (non-hydrogen) atoms. The van der Waals surface area contributed by atoms with Crippen molar-refractivity contribution in [2.24, 2.45) is 11.7 Å². The maximum Gasteiger partial charge on any atom is 0.407 e. The molecule has 1 amide bonds. The number of esters is 1. The Kier molecular flexibility index (Phi) is 14.7. The smallest absolute Gasteiger partial charge is 0.407 e. The summed E-state index contributed by atoms with van der Waals surface area (Å²) in [5.41, 5.74) is 6.87. The molecule has 4 N–H and O–H groups in total. The first-order valence-corrected chi connectivity index (χ1v) is 14.5. The lowest BCUT2D eigenvalue weighted by Crippen LogP contribution is -2.55. The second-order valence-corrected chi connectivity index (χ2v) is 11.5. The van der Waals surface area contributed by atoms with Crippen LogP contribution in [0.4, 0.5) is 4.79 Å². The van der Waals surface area contributed by atoms with Crippen LogP contribution in [0.5, 0.6) is 5.75 Å². The summed E-state index contributed by atoms with van der Waals surface area (Å²) in [7, 11) is 1.59. The van der Waals surface area contributed by atoms with Gasteiger partial charge < -0.3 is 34.7 Å². The number of amides is 1. The van der Waals surface area contributed by atoms with Crippen LogP contribution in [-0.2, 0) is 30.3 Å². The van der Waals surface area contributed by atoms with Crippen molar-refractivity contribution in [3.05, 3.63) is 29.8 Å². The molecule has 4 atom stereocenters. The number of hydrogen-bond acceptors (Lipinski definition) is 9. The number of ether oxygens (including phenoxy) is 5. The molecule has 0 radical (unpaired) electrons. The molecule has 2 unspecified atom stereocenters. The van der Waals surface area contributed by atoms with Crippen molar-refractivity contribution in [2.75, 3.05) is 20.5 Å². The number of carbonyl (C=O) groups excluding carboxylic acids is 2. The van der Waals surface area contributed by atoms with Crippen LogP contribution in [0.1, 0.15) is 85.1 Å². The summed E-state index contributed by atoms with van der Waals surface area (Å²) >= 11 is 0. The average Bonchev–Trinajstić information content (AvgIpc) is 2.90. The lowest BCUT2D eigenvalue weighted by Gasteiger charge is -2.33. The third kappa shape index (κ3) is 13.3. The van der Waals surface area contributed by atoms with Gasteiger partial charge in [-0.2, -0.15) is 0 Å². The van der Waals surface area contributed by atoms with Crippen LogP contribution in [0.25, 0.3) is 0 Å². The zero-order chi connectivity index (χ0) is 29.5. The molecule has 10 heteroatoms.